The fraction of sp³-hybridized carbons (Fsp3) is 0.300. The van der Waals surface area contributed by atoms with Crippen LogP contribution in [-0.2, 0) is 22.4 Å². The molecular weight excluding hydrogens is 488 g/mol. The predicted octanol–water partition coefficient (Wildman–Crippen LogP) is 4.79. The Labute approximate surface area is 222 Å². The molecule has 0 spiro atoms. The molecule has 0 unspecified atom stereocenters. The van der Waals surface area contributed by atoms with Crippen molar-refractivity contribution in [2.45, 2.75) is 12.8 Å². The lowest BCUT2D eigenvalue weighted by Gasteiger charge is -2.19. The first-order valence-corrected chi connectivity index (χ1v) is 12.3. The summed E-state index contributed by atoms with van der Waals surface area (Å²) in [5.74, 6) is 1.78. The van der Waals surface area contributed by atoms with Crippen LogP contribution in [0.1, 0.15) is 16.7 Å². The quantitative estimate of drug-likeness (QED) is 0.223. The molecule has 0 aromatic heterocycles. The molecule has 1 saturated heterocycles. The first-order chi connectivity index (χ1) is 18.4. The number of phenolic OH excluding ortho intramolecular Hbond substituents is 2. The number of ether oxygens (including phenoxy) is 5. The van der Waals surface area contributed by atoms with E-state index in [0.717, 1.165) is 24.0 Å². The van der Waals surface area contributed by atoms with Gasteiger partial charge in [0.05, 0.1) is 34.5 Å². The number of hydrogen-bond donors (Lipinski definition) is 2. The van der Waals surface area contributed by atoms with Crippen molar-refractivity contribution in [1.82, 2.24) is 0 Å². The van der Waals surface area contributed by atoms with Gasteiger partial charge in [0.15, 0.2) is 34.5 Å². The van der Waals surface area contributed by atoms with Crippen molar-refractivity contribution in [2.75, 3.05) is 34.5 Å². The van der Waals surface area contributed by atoms with E-state index in [2.05, 4.69) is 0 Å². The SMILES string of the molecule is COc1cc(C=CC(=O)Oc2ccc(C[C@H]3COC[C@@H]3Cc3ccc(O)c(OC)c3)cc2OC)ccc1O. The van der Waals surface area contributed by atoms with Crippen LogP contribution in [0.2, 0.25) is 0 Å². The molecule has 0 saturated carbocycles. The van der Waals surface area contributed by atoms with Gasteiger partial charge in [-0.15, -0.1) is 0 Å². The first-order valence-electron chi connectivity index (χ1n) is 12.3. The van der Waals surface area contributed by atoms with Crippen LogP contribution in [0.15, 0.2) is 60.7 Å². The number of benzene rings is 3. The number of phenols is 2. The van der Waals surface area contributed by atoms with Gasteiger partial charge in [-0.25, -0.2) is 4.79 Å². The van der Waals surface area contributed by atoms with Crippen LogP contribution in [0.4, 0.5) is 0 Å². The molecule has 1 aliphatic rings. The van der Waals surface area contributed by atoms with Crippen LogP contribution in [0.3, 0.4) is 0 Å². The summed E-state index contributed by atoms with van der Waals surface area (Å²) in [6.45, 7) is 1.33. The van der Waals surface area contributed by atoms with Crippen LogP contribution in [0.25, 0.3) is 6.08 Å². The summed E-state index contributed by atoms with van der Waals surface area (Å²) in [7, 11) is 4.53. The van der Waals surface area contributed by atoms with E-state index in [-0.39, 0.29) is 11.5 Å². The minimum absolute atomic E-state index is 0.0214. The maximum Gasteiger partial charge on any atom is 0.336 e. The molecule has 8 heteroatoms. The average molecular weight is 521 g/mol. The molecule has 2 N–H and O–H groups in total. The Balaban J connectivity index is 1.40. The summed E-state index contributed by atoms with van der Waals surface area (Å²) in [6, 6.07) is 15.7. The van der Waals surface area contributed by atoms with E-state index in [1.54, 1.807) is 30.3 Å². The lowest BCUT2D eigenvalue weighted by molar-refractivity contribution is -0.129. The summed E-state index contributed by atoms with van der Waals surface area (Å²) in [6.07, 6.45) is 4.48. The molecule has 0 bridgehead atoms. The molecule has 8 nitrogen and oxygen atoms in total. The highest BCUT2D eigenvalue weighted by Gasteiger charge is 2.29. The van der Waals surface area contributed by atoms with E-state index in [9.17, 15) is 15.0 Å². The molecule has 0 radical (unpaired) electrons. The molecule has 200 valence electrons. The van der Waals surface area contributed by atoms with Crippen molar-refractivity contribution in [3.63, 3.8) is 0 Å². The number of aromatic hydroxyl groups is 2. The van der Waals surface area contributed by atoms with Crippen molar-refractivity contribution < 1.29 is 38.7 Å². The number of hydrogen-bond acceptors (Lipinski definition) is 8. The van der Waals surface area contributed by atoms with E-state index < -0.39 is 5.97 Å². The molecule has 1 aliphatic heterocycles. The molecule has 2 atom stereocenters. The highest BCUT2D eigenvalue weighted by atomic mass is 16.6. The Bertz CT molecular complexity index is 1300. The zero-order valence-electron chi connectivity index (χ0n) is 21.7. The van der Waals surface area contributed by atoms with Gasteiger partial charge >= 0.3 is 5.97 Å². The highest BCUT2D eigenvalue weighted by molar-refractivity contribution is 5.89. The molecule has 38 heavy (non-hydrogen) atoms. The Kier molecular flexibility index (Phi) is 8.76. The second-order valence-electron chi connectivity index (χ2n) is 9.14. The van der Waals surface area contributed by atoms with Crippen molar-refractivity contribution in [3.8, 4) is 34.5 Å². The molecule has 0 aliphatic carbocycles. The molecule has 1 fully saturated rings. The summed E-state index contributed by atoms with van der Waals surface area (Å²) >= 11 is 0. The Morgan fingerprint density at radius 3 is 1.97 bits per heavy atom. The van der Waals surface area contributed by atoms with Gasteiger partial charge in [0.1, 0.15) is 0 Å². The monoisotopic (exact) mass is 520 g/mol. The average Bonchev–Trinajstić information content (AvgIpc) is 3.36. The smallest absolute Gasteiger partial charge is 0.336 e. The number of carbonyl (C=O) groups is 1. The summed E-state index contributed by atoms with van der Waals surface area (Å²) in [5, 5.41) is 19.6. The van der Waals surface area contributed by atoms with E-state index in [0.29, 0.717) is 53.6 Å². The highest BCUT2D eigenvalue weighted by Crippen LogP contribution is 2.34. The maximum absolute atomic E-state index is 12.4. The third kappa shape index (κ3) is 6.58. The second kappa shape index (κ2) is 12.4. The van der Waals surface area contributed by atoms with Gasteiger partial charge in [0.25, 0.3) is 0 Å². The molecule has 0 amide bonds. The summed E-state index contributed by atoms with van der Waals surface area (Å²) in [4.78, 5) is 12.4. The van der Waals surface area contributed by atoms with Gasteiger partial charge < -0.3 is 33.9 Å². The molecular formula is C30H32O8. The lowest BCUT2D eigenvalue weighted by atomic mass is 9.85. The minimum atomic E-state index is -0.559. The summed E-state index contributed by atoms with van der Waals surface area (Å²) in [5.41, 5.74) is 2.81. The number of carbonyl (C=O) groups excluding carboxylic acids is 1. The third-order valence-electron chi connectivity index (χ3n) is 6.62. The van der Waals surface area contributed by atoms with E-state index >= 15 is 0 Å². The number of rotatable bonds is 10. The van der Waals surface area contributed by atoms with Crippen LogP contribution in [0, 0.1) is 11.8 Å². The van der Waals surface area contributed by atoms with Gasteiger partial charge in [0, 0.05) is 6.08 Å². The largest absolute Gasteiger partial charge is 0.504 e. The van der Waals surface area contributed by atoms with Gasteiger partial charge in [-0.1, -0.05) is 18.2 Å². The van der Waals surface area contributed by atoms with Crippen molar-refractivity contribution in [1.29, 1.82) is 0 Å². The Morgan fingerprint density at radius 2 is 1.34 bits per heavy atom. The molecule has 3 aromatic carbocycles. The maximum atomic E-state index is 12.4. The predicted molar refractivity (Wildman–Crippen MR) is 142 cm³/mol. The second-order valence-corrected chi connectivity index (χ2v) is 9.14. The zero-order chi connectivity index (χ0) is 27.1. The molecule has 1 heterocycles. The van der Waals surface area contributed by atoms with Crippen molar-refractivity contribution in [3.05, 3.63) is 77.4 Å². The van der Waals surface area contributed by atoms with Gasteiger partial charge in [-0.3, -0.25) is 0 Å². The lowest BCUT2D eigenvalue weighted by Crippen LogP contribution is -2.17. The van der Waals surface area contributed by atoms with Crippen LogP contribution in [0.5, 0.6) is 34.5 Å². The van der Waals surface area contributed by atoms with Crippen molar-refractivity contribution in [2.24, 2.45) is 11.8 Å². The molecule has 3 aromatic rings. The molecule has 4 rings (SSSR count). The van der Waals surface area contributed by atoms with E-state index in [1.807, 2.05) is 24.3 Å². The van der Waals surface area contributed by atoms with Gasteiger partial charge in [-0.05, 0) is 83.8 Å². The Morgan fingerprint density at radius 1 is 0.789 bits per heavy atom. The van der Waals surface area contributed by atoms with Crippen molar-refractivity contribution >= 4 is 12.0 Å². The fourth-order valence-electron chi connectivity index (χ4n) is 4.58. The first kappa shape index (κ1) is 26.9. The fourth-order valence-corrected chi connectivity index (χ4v) is 4.58. The minimum Gasteiger partial charge on any atom is -0.504 e. The topological polar surface area (TPSA) is 104 Å². The third-order valence-corrected chi connectivity index (χ3v) is 6.62. The number of esters is 1. The Hall–Kier alpha value is -4.17. The standard InChI is InChI=1S/C30H32O8/c1-34-27-14-19(4-8-24(27)31)7-11-30(33)38-26-10-6-21(16-29(26)36-3)13-23-18-37-17-22(23)12-20-5-9-25(32)28(15-20)35-2/h4-11,14-16,22-23,31-32H,12-13,17-18H2,1-3H3/t22-,23-/m0/s1. The van der Waals surface area contributed by atoms with Crippen LogP contribution in [-0.4, -0.2) is 50.7 Å². The normalized spacial score (nSPS) is 16.9. The summed E-state index contributed by atoms with van der Waals surface area (Å²) < 4.78 is 27.1. The van der Waals surface area contributed by atoms with Crippen LogP contribution >= 0.6 is 0 Å². The van der Waals surface area contributed by atoms with Crippen LogP contribution < -0.4 is 18.9 Å². The zero-order valence-corrected chi connectivity index (χ0v) is 21.7. The number of methoxy groups -OCH3 is 3. The van der Waals surface area contributed by atoms with Gasteiger partial charge in [0.2, 0.25) is 0 Å². The van der Waals surface area contributed by atoms with E-state index in [1.165, 1.54) is 33.5 Å². The van der Waals surface area contributed by atoms with E-state index in [4.69, 9.17) is 23.7 Å². The van der Waals surface area contributed by atoms with Gasteiger partial charge in [-0.2, -0.15) is 0 Å².